The van der Waals surface area contributed by atoms with Crippen molar-refractivity contribution < 1.29 is 0 Å². The molecule has 0 aromatic heterocycles. The van der Waals surface area contributed by atoms with Gasteiger partial charge in [-0.15, -0.1) is 0 Å². The van der Waals surface area contributed by atoms with E-state index in [2.05, 4.69) is 53.4 Å². The number of hydrogen-bond donors (Lipinski definition) is 1. The first-order valence-corrected chi connectivity index (χ1v) is 7.99. The molecule has 0 amide bonds. The van der Waals surface area contributed by atoms with Crippen LogP contribution in [0.25, 0.3) is 0 Å². The SMILES string of the molecule is CCC1CN(CC2Cc3ccccc3CN2)CCN1C. The lowest BCUT2D eigenvalue weighted by Crippen LogP contribution is -2.55. The van der Waals surface area contributed by atoms with Crippen molar-refractivity contribution in [1.29, 1.82) is 0 Å². The van der Waals surface area contributed by atoms with Crippen molar-refractivity contribution in [2.75, 3.05) is 33.2 Å². The average molecular weight is 273 g/mol. The van der Waals surface area contributed by atoms with Crippen LogP contribution in [0.3, 0.4) is 0 Å². The van der Waals surface area contributed by atoms with Gasteiger partial charge in [0.05, 0.1) is 0 Å². The maximum atomic E-state index is 3.71. The van der Waals surface area contributed by atoms with E-state index in [1.54, 1.807) is 0 Å². The van der Waals surface area contributed by atoms with E-state index in [9.17, 15) is 0 Å². The first-order chi connectivity index (χ1) is 9.76. The minimum Gasteiger partial charge on any atom is -0.308 e. The van der Waals surface area contributed by atoms with Gasteiger partial charge >= 0.3 is 0 Å². The minimum absolute atomic E-state index is 0.616. The molecule has 2 atom stereocenters. The van der Waals surface area contributed by atoms with E-state index in [4.69, 9.17) is 0 Å². The average Bonchev–Trinajstić information content (AvgIpc) is 2.49. The van der Waals surface area contributed by atoms with Crippen molar-refractivity contribution in [2.24, 2.45) is 0 Å². The van der Waals surface area contributed by atoms with Gasteiger partial charge in [-0.1, -0.05) is 31.2 Å². The molecular weight excluding hydrogens is 246 g/mol. The maximum absolute atomic E-state index is 3.71. The molecule has 1 aromatic carbocycles. The highest BCUT2D eigenvalue weighted by molar-refractivity contribution is 5.29. The number of nitrogens with zero attached hydrogens (tertiary/aromatic N) is 2. The number of benzene rings is 1. The lowest BCUT2D eigenvalue weighted by atomic mass is 9.95. The monoisotopic (exact) mass is 273 g/mol. The zero-order valence-electron chi connectivity index (χ0n) is 12.8. The van der Waals surface area contributed by atoms with Gasteiger partial charge in [0, 0.05) is 44.8 Å². The number of piperazine rings is 1. The summed E-state index contributed by atoms with van der Waals surface area (Å²) in [6.07, 6.45) is 2.44. The highest BCUT2D eigenvalue weighted by Gasteiger charge is 2.26. The van der Waals surface area contributed by atoms with E-state index in [0.717, 1.165) is 12.6 Å². The first-order valence-electron chi connectivity index (χ1n) is 7.99. The molecule has 110 valence electrons. The van der Waals surface area contributed by atoms with Crippen LogP contribution in [0.5, 0.6) is 0 Å². The molecule has 0 saturated carbocycles. The third-order valence-electron chi connectivity index (χ3n) is 4.98. The lowest BCUT2D eigenvalue weighted by molar-refractivity contribution is 0.0850. The van der Waals surface area contributed by atoms with Crippen LogP contribution < -0.4 is 5.32 Å². The largest absolute Gasteiger partial charge is 0.308 e. The Morgan fingerprint density at radius 3 is 2.80 bits per heavy atom. The summed E-state index contributed by atoms with van der Waals surface area (Å²) in [6, 6.07) is 10.2. The molecule has 20 heavy (non-hydrogen) atoms. The molecule has 1 aromatic rings. The molecule has 1 N–H and O–H groups in total. The second-order valence-electron chi connectivity index (χ2n) is 6.35. The van der Waals surface area contributed by atoms with Gasteiger partial charge in [-0.3, -0.25) is 4.90 Å². The van der Waals surface area contributed by atoms with Crippen LogP contribution in [0.1, 0.15) is 24.5 Å². The molecule has 0 radical (unpaired) electrons. The van der Waals surface area contributed by atoms with Crippen LogP contribution in [0.4, 0.5) is 0 Å². The van der Waals surface area contributed by atoms with Gasteiger partial charge in [0.1, 0.15) is 0 Å². The van der Waals surface area contributed by atoms with E-state index < -0.39 is 0 Å². The molecule has 1 fully saturated rings. The fourth-order valence-electron chi connectivity index (χ4n) is 3.58. The predicted molar refractivity (Wildman–Crippen MR) is 83.9 cm³/mol. The second-order valence-corrected chi connectivity index (χ2v) is 6.35. The highest BCUT2D eigenvalue weighted by Crippen LogP contribution is 2.18. The number of fused-ring (bicyclic) bond motifs is 1. The summed E-state index contributed by atoms with van der Waals surface area (Å²) in [7, 11) is 2.26. The Hall–Kier alpha value is -0.900. The molecule has 2 aliphatic rings. The van der Waals surface area contributed by atoms with Crippen LogP contribution in [0, 0.1) is 0 Å². The number of hydrogen-bond acceptors (Lipinski definition) is 3. The van der Waals surface area contributed by atoms with Crippen molar-refractivity contribution in [3.63, 3.8) is 0 Å². The van der Waals surface area contributed by atoms with Crippen LogP contribution >= 0.6 is 0 Å². The summed E-state index contributed by atoms with van der Waals surface area (Å²) in [5.41, 5.74) is 3.02. The molecule has 3 nitrogen and oxygen atoms in total. The third-order valence-corrected chi connectivity index (χ3v) is 4.98. The van der Waals surface area contributed by atoms with Gasteiger partial charge < -0.3 is 10.2 Å². The van der Waals surface area contributed by atoms with Gasteiger partial charge in [0.15, 0.2) is 0 Å². The Kier molecular flexibility index (Phi) is 4.39. The predicted octanol–water partition coefficient (Wildman–Crippen LogP) is 1.73. The molecule has 2 unspecified atom stereocenters. The molecule has 2 heterocycles. The number of likely N-dealkylation sites (N-methyl/N-ethyl adjacent to an activating group) is 1. The molecule has 1 saturated heterocycles. The molecule has 0 bridgehead atoms. The smallest absolute Gasteiger partial charge is 0.0238 e. The third kappa shape index (κ3) is 3.05. The van der Waals surface area contributed by atoms with E-state index >= 15 is 0 Å². The molecule has 0 spiro atoms. The summed E-state index contributed by atoms with van der Waals surface area (Å²) < 4.78 is 0. The van der Waals surface area contributed by atoms with Gasteiger partial charge in [0.2, 0.25) is 0 Å². The minimum atomic E-state index is 0.616. The van der Waals surface area contributed by atoms with Crippen molar-refractivity contribution in [3.05, 3.63) is 35.4 Å². The van der Waals surface area contributed by atoms with Crippen molar-refractivity contribution in [3.8, 4) is 0 Å². The maximum Gasteiger partial charge on any atom is 0.0238 e. The Balaban J connectivity index is 1.57. The number of nitrogens with one attached hydrogen (secondary N) is 1. The summed E-state index contributed by atoms with van der Waals surface area (Å²) in [4.78, 5) is 5.17. The second kappa shape index (κ2) is 6.25. The summed E-state index contributed by atoms with van der Waals surface area (Å²) in [5.74, 6) is 0. The topological polar surface area (TPSA) is 18.5 Å². The molecule has 3 rings (SSSR count). The Bertz CT molecular complexity index is 446. The zero-order chi connectivity index (χ0) is 13.9. The van der Waals surface area contributed by atoms with E-state index in [1.807, 2.05) is 0 Å². The van der Waals surface area contributed by atoms with Crippen LogP contribution in [-0.4, -0.2) is 55.1 Å². The molecular formula is C17H27N3. The Labute approximate surface area is 123 Å². The van der Waals surface area contributed by atoms with Crippen molar-refractivity contribution in [2.45, 2.75) is 38.4 Å². The van der Waals surface area contributed by atoms with Crippen LogP contribution in [0.2, 0.25) is 0 Å². The van der Waals surface area contributed by atoms with Crippen molar-refractivity contribution in [1.82, 2.24) is 15.1 Å². The van der Waals surface area contributed by atoms with Gasteiger partial charge in [-0.2, -0.15) is 0 Å². The van der Waals surface area contributed by atoms with E-state index in [1.165, 1.54) is 50.1 Å². The fraction of sp³-hybridized carbons (Fsp3) is 0.647. The van der Waals surface area contributed by atoms with Crippen LogP contribution in [-0.2, 0) is 13.0 Å². The Morgan fingerprint density at radius 2 is 2.00 bits per heavy atom. The van der Waals surface area contributed by atoms with E-state index in [-0.39, 0.29) is 0 Å². The normalized spacial score (nSPS) is 28.3. The summed E-state index contributed by atoms with van der Waals surface area (Å²) in [5, 5.41) is 3.71. The summed E-state index contributed by atoms with van der Waals surface area (Å²) in [6.45, 7) is 8.19. The number of rotatable bonds is 3. The molecule has 3 heteroatoms. The molecule has 0 aliphatic carbocycles. The van der Waals surface area contributed by atoms with E-state index in [0.29, 0.717) is 6.04 Å². The van der Waals surface area contributed by atoms with Gasteiger partial charge in [-0.05, 0) is 31.0 Å². The fourth-order valence-corrected chi connectivity index (χ4v) is 3.58. The first kappa shape index (κ1) is 14.1. The zero-order valence-corrected chi connectivity index (χ0v) is 12.8. The summed E-state index contributed by atoms with van der Waals surface area (Å²) >= 11 is 0. The van der Waals surface area contributed by atoms with Gasteiger partial charge in [0.25, 0.3) is 0 Å². The van der Waals surface area contributed by atoms with Crippen LogP contribution in [0.15, 0.2) is 24.3 Å². The Morgan fingerprint density at radius 1 is 1.20 bits per heavy atom. The standard InChI is InChI=1S/C17H27N3/c1-3-17-13-20(9-8-19(17)2)12-16-10-14-6-4-5-7-15(14)11-18-16/h4-7,16-18H,3,8-13H2,1-2H3. The lowest BCUT2D eigenvalue weighted by Gasteiger charge is -2.41. The quantitative estimate of drug-likeness (QED) is 0.905. The molecule has 2 aliphatic heterocycles. The highest BCUT2D eigenvalue weighted by atomic mass is 15.3. The van der Waals surface area contributed by atoms with Crippen molar-refractivity contribution >= 4 is 0 Å². The van der Waals surface area contributed by atoms with Gasteiger partial charge in [-0.25, -0.2) is 0 Å².